The second-order valence-corrected chi connectivity index (χ2v) is 6.24. The zero-order chi connectivity index (χ0) is 11.1. The SMILES string of the molecule is NCCCCS(=O)(=O)NCC1CCCC1. The van der Waals surface area contributed by atoms with Crippen LogP contribution in [0.1, 0.15) is 38.5 Å². The molecule has 0 aromatic carbocycles. The van der Waals surface area contributed by atoms with Gasteiger partial charge in [-0.25, -0.2) is 13.1 Å². The van der Waals surface area contributed by atoms with Crippen molar-refractivity contribution in [1.82, 2.24) is 4.72 Å². The highest BCUT2D eigenvalue weighted by Crippen LogP contribution is 2.23. The van der Waals surface area contributed by atoms with E-state index in [9.17, 15) is 8.42 Å². The summed E-state index contributed by atoms with van der Waals surface area (Å²) in [6.07, 6.45) is 6.29. The maximum Gasteiger partial charge on any atom is 0.211 e. The van der Waals surface area contributed by atoms with E-state index in [1.54, 1.807) is 0 Å². The third kappa shape index (κ3) is 5.49. The lowest BCUT2D eigenvalue weighted by Crippen LogP contribution is -2.30. The van der Waals surface area contributed by atoms with Gasteiger partial charge in [-0.05, 0) is 38.1 Å². The largest absolute Gasteiger partial charge is 0.330 e. The van der Waals surface area contributed by atoms with Gasteiger partial charge in [0.05, 0.1) is 5.75 Å². The third-order valence-corrected chi connectivity index (χ3v) is 4.37. The van der Waals surface area contributed by atoms with Gasteiger partial charge >= 0.3 is 0 Å². The molecular weight excluding hydrogens is 212 g/mol. The van der Waals surface area contributed by atoms with E-state index < -0.39 is 10.0 Å². The standard InChI is InChI=1S/C10H22N2O2S/c11-7-3-4-8-15(13,14)12-9-10-5-1-2-6-10/h10,12H,1-9,11H2. The van der Waals surface area contributed by atoms with Crippen LogP contribution >= 0.6 is 0 Å². The minimum atomic E-state index is -3.05. The Balaban J connectivity index is 2.17. The van der Waals surface area contributed by atoms with Crippen LogP contribution in [0.25, 0.3) is 0 Å². The minimum absolute atomic E-state index is 0.219. The van der Waals surface area contributed by atoms with Crippen molar-refractivity contribution in [3.63, 3.8) is 0 Å². The molecule has 0 aromatic heterocycles. The van der Waals surface area contributed by atoms with Gasteiger partial charge in [-0.1, -0.05) is 12.8 Å². The Morgan fingerprint density at radius 1 is 1.20 bits per heavy atom. The zero-order valence-electron chi connectivity index (χ0n) is 9.24. The van der Waals surface area contributed by atoms with Crippen molar-refractivity contribution >= 4 is 10.0 Å². The molecule has 0 aromatic rings. The first kappa shape index (κ1) is 12.9. The second-order valence-electron chi connectivity index (χ2n) is 4.31. The molecule has 0 unspecified atom stereocenters. The molecule has 1 aliphatic rings. The third-order valence-electron chi connectivity index (χ3n) is 2.93. The molecule has 4 nitrogen and oxygen atoms in total. The Morgan fingerprint density at radius 3 is 2.47 bits per heavy atom. The molecule has 0 spiro atoms. The van der Waals surface area contributed by atoms with Gasteiger partial charge in [0.25, 0.3) is 0 Å². The molecule has 90 valence electrons. The summed E-state index contributed by atoms with van der Waals surface area (Å²) in [5.41, 5.74) is 5.32. The predicted molar refractivity (Wildman–Crippen MR) is 62.0 cm³/mol. The van der Waals surface area contributed by atoms with Crippen LogP contribution in [0, 0.1) is 5.92 Å². The fourth-order valence-corrected chi connectivity index (χ4v) is 3.19. The van der Waals surface area contributed by atoms with E-state index in [1.165, 1.54) is 25.7 Å². The summed E-state index contributed by atoms with van der Waals surface area (Å²) in [5, 5.41) is 0. The van der Waals surface area contributed by atoms with Crippen LogP contribution in [0.15, 0.2) is 0 Å². The summed E-state index contributed by atoms with van der Waals surface area (Å²) in [5.74, 6) is 0.783. The van der Waals surface area contributed by atoms with Crippen LogP contribution < -0.4 is 10.5 Å². The molecular formula is C10H22N2O2S. The molecule has 1 saturated carbocycles. The maximum absolute atomic E-state index is 11.5. The summed E-state index contributed by atoms with van der Waals surface area (Å²) >= 11 is 0. The van der Waals surface area contributed by atoms with Crippen molar-refractivity contribution in [2.75, 3.05) is 18.8 Å². The predicted octanol–water partition coefficient (Wildman–Crippen LogP) is 0.835. The highest BCUT2D eigenvalue weighted by Gasteiger charge is 2.17. The Bertz CT molecular complexity index is 259. The Morgan fingerprint density at radius 2 is 1.87 bits per heavy atom. The van der Waals surface area contributed by atoms with Gasteiger partial charge in [0.1, 0.15) is 0 Å². The van der Waals surface area contributed by atoms with E-state index in [2.05, 4.69) is 4.72 Å². The maximum atomic E-state index is 11.5. The van der Waals surface area contributed by atoms with Crippen molar-refractivity contribution in [1.29, 1.82) is 0 Å². The van der Waals surface area contributed by atoms with Crippen LogP contribution in [0.2, 0.25) is 0 Å². The molecule has 0 heterocycles. The Kier molecular flexibility index (Phi) is 5.56. The van der Waals surface area contributed by atoms with Gasteiger partial charge < -0.3 is 5.73 Å². The van der Waals surface area contributed by atoms with Crippen molar-refractivity contribution in [3.05, 3.63) is 0 Å². The lowest BCUT2D eigenvalue weighted by atomic mass is 10.1. The van der Waals surface area contributed by atoms with Crippen molar-refractivity contribution in [2.45, 2.75) is 38.5 Å². The number of rotatable bonds is 7. The molecule has 1 rings (SSSR count). The summed E-state index contributed by atoms with van der Waals surface area (Å²) in [6, 6.07) is 0. The quantitative estimate of drug-likeness (QED) is 0.641. The Labute approximate surface area is 92.7 Å². The monoisotopic (exact) mass is 234 g/mol. The molecule has 0 bridgehead atoms. The smallest absolute Gasteiger partial charge is 0.211 e. The molecule has 3 N–H and O–H groups in total. The summed E-state index contributed by atoms with van der Waals surface area (Å²) in [6.45, 7) is 1.20. The summed E-state index contributed by atoms with van der Waals surface area (Å²) in [7, 11) is -3.05. The van der Waals surface area contributed by atoms with E-state index in [0.29, 0.717) is 25.4 Å². The van der Waals surface area contributed by atoms with Gasteiger partial charge in [-0.3, -0.25) is 0 Å². The van der Waals surface area contributed by atoms with Crippen LogP contribution in [-0.4, -0.2) is 27.3 Å². The molecule has 0 aliphatic heterocycles. The van der Waals surface area contributed by atoms with Gasteiger partial charge in [0.2, 0.25) is 10.0 Å². The molecule has 0 saturated heterocycles. The fourth-order valence-electron chi connectivity index (χ4n) is 1.97. The highest BCUT2D eigenvalue weighted by molar-refractivity contribution is 7.89. The van der Waals surface area contributed by atoms with E-state index in [-0.39, 0.29) is 5.75 Å². The van der Waals surface area contributed by atoms with E-state index in [0.717, 1.165) is 6.42 Å². The van der Waals surface area contributed by atoms with E-state index >= 15 is 0 Å². The van der Waals surface area contributed by atoms with Gasteiger partial charge in [0, 0.05) is 6.54 Å². The fraction of sp³-hybridized carbons (Fsp3) is 1.00. The molecule has 1 aliphatic carbocycles. The first-order valence-corrected chi connectivity index (χ1v) is 7.46. The molecule has 0 radical (unpaired) electrons. The second kappa shape index (κ2) is 6.45. The summed E-state index contributed by atoms with van der Waals surface area (Å²) in [4.78, 5) is 0. The van der Waals surface area contributed by atoms with Crippen LogP contribution in [0.4, 0.5) is 0 Å². The Hall–Kier alpha value is -0.130. The first-order chi connectivity index (χ1) is 7.14. The van der Waals surface area contributed by atoms with Gasteiger partial charge in [-0.2, -0.15) is 0 Å². The van der Waals surface area contributed by atoms with Crippen molar-refractivity contribution < 1.29 is 8.42 Å². The lowest BCUT2D eigenvalue weighted by molar-refractivity contribution is 0.518. The molecule has 15 heavy (non-hydrogen) atoms. The van der Waals surface area contributed by atoms with Crippen LogP contribution in [0.3, 0.4) is 0 Å². The average molecular weight is 234 g/mol. The molecule has 0 amide bonds. The van der Waals surface area contributed by atoms with E-state index in [1.807, 2.05) is 0 Å². The number of nitrogens with one attached hydrogen (secondary N) is 1. The average Bonchev–Trinajstić information content (AvgIpc) is 2.68. The van der Waals surface area contributed by atoms with Crippen molar-refractivity contribution in [3.8, 4) is 0 Å². The molecule has 0 atom stereocenters. The zero-order valence-corrected chi connectivity index (χ0v) is 10.1. The lowest BCUT2D eigenvalue weighted by Gasteiger charge is -2.10. The topological polar surface area (TPSA) is 72.2 Å². The normalized spacial score (nSPS) is 18.5. The number of unbranched alkanes of at least 4 members (excludes halogenated alkanes) is 1. The number of sulfonamides is 1. The van der Waals surface area contributed by atoms with Crippen LogP contribution in [-0.2, 0) is 10.0 Å². The number of hydrogen-bond acceptors (Lipinski definition) is 3. The van der Waals surface area contributed by atoms with Crippen molar-refractivity contribution in [2.24, 2.45) is 11.7 Å². The van der Waals surface area contributed by atoms with Gasteiger partial charge in [-0.15, -0.1) is 0 Å². The number of hydrogen-bond donors (Lipinski definition) is 2. The first-order valence-electron chi connectivity index (χ1n) is 5.81. The van der Waals surface area contributed by atoms with E-state index in [4.69, 9.17) is 5.73 Å². The van der Waals surface area contributed by atoms with Crippen LogP contribution in [0.5, 0.6) is 0 Å². The summed E-state index contributed by atoms with van der Waals surface area (Å²) < 4.78 is 25.7. The molecule has 5 heteroatoms. The number of nitrogens with two attached hydrogens (primary N) is 1. The molecule has 1 fully saturated rings. The highest BCUT2D eigenvalue weighted by atomic mass is 32.2. The minimum Gasteiger partial charge on any atom is -0.330 e. The van der Waals surface area contributed by atoms with Gasteiger partial charge in [0.15, 0.2) is 0 Å².